The van der Waals surface area contributed by atoms with Crippen LogP contribution >= 0.6 is 0 Å². The Kier molecular flexibility index (Phi) is 7.35. The van der Waals surface area contributed by atoms with Gasteiger partial charge in [0.05, 0.1) is 0 Å². The molecule has 0 aromatic heterocycles. The van der Waals surface area contributed by atoms with Gasteiger partial charge in [-0.25, -0.2) is 4.79 Å². The Morgan fingerprint density at radius 3 is 2.11 bits per heavy atom. The molecule has 0 bridgehead atoms. The second-order valence-electron chi connectivity index (χ2n) is 4.83. The quantitative estimate of drug-likeness (QED) is 0.525. The van der Waals surface area contributed by atoms with Crippen LogP contribution in [0.2, 0.25) is 0 Å². The second kappa shape index (κ2) is 7.92. The van der Waals surface area contributed by atoms with Gasteiger partial charge < -0.3 is 21.5 Å². The minimum atomic E-state index is -0.710. The molecule has 0 spiro atoms. The van der Waals surface area contributed by atoms with E-state index in [0.717, 1.165) is 6.42 Å². The van der Waals surface area contributed by atoms with Gasteiger partial charge in [-0.2, -0.15) is 0 Å². The zero-order valence-electron chi connectivity index (χ0n) is 11.6. The van der Waals surface area contributed by atoms with E-state index in [1.54, 1.807) is 0 Å². The molecule has 6 heteroatoms. The van der Waals surface area contributed by atoms with E-state index in [4.69, 9.17) is 10.8 Å². The molecule has 0 radical (unpaired) electrons. The third-order valence-electron chi connectivity index (χ3n) is 3.30. The summed E-state index contributed by atoms with van der Waals surface area (Å²) in [5.74, 6) is -0.315. The predicted octanol–water partition coefficient (Wildman–Crippen LogP) is 0.203. The summed E-state index contributed by atoms with van der Waals surface area (Å²) in [6, 6.07) is -1.51. The van der Waals surface area contributed by atoms with Crippen LogP contribution in [0, 0.1) is 11.8 Å². The summed E-state index contributed by atoms with van der Waals surface area (Å²) in [4.78, 5) is 22.9. The lowest BCUT2D eigenvalue weighted by molar-refractivity contribution is -0.125. The fourth-order valence-corrected chi connectivity index (χ4v) is 1.47. The highest BCUT2D eigenvalue weighted by Crippen LogP contribution is 2.09. The summed E-state index contributed by atoms with van der Waals surface area (Å²) in [7, 11) is 0. The number of rotatable bonds is 7. The molecule has 106 valence electrons. The van der Waals surface area contributed by atoms with E-state index in [1.807, 2.05) is 27.7 Å². The lowest BCUT2D eigenvalue weighted by Crippen LogP contribution is -2.54. The number of nitrogens with one attached hydrogen (secondary N) is 2. The van der Waals surface area contributed by atoms with E-state index in [0.29, 0.717) is 0 Å². The van der Waals surface area contributed by atoms with E-state index in [1.165, 1.54) is 0 Å². The van der Waals surface area contributed by atoms with Gasteiger partial charge in [-0.05, 0) is 18.8 Å². The van der Waals surface area contributed by atoms with E-state index in [9.17, 15) is 9.59 Å². The van der Waals surface area contributed by atoms with Crippen molar-refractivity contribution in [3.8, 4) is 0 Å². The number of primary amides is 1. The summed E-state index contributed by atoms with van der Waals surface area (Å²) >= 11 is 0. The molecule has 0 rings (SSSR count). The molecule has 4 unspecified atom stereocenters. The third kappa shape index (κ3) is 5.35. The standard InChI is InChI=1S/C12H25N3O3/c1-5-7(2)10(15-12(13)18)11(17)14-9(4)8(3)6-16/h7-10,16H,5-6H2,1-4H3,(H,14,17)(H3,13,15,18). The third-order valence-corrected chi connectivity index (χ3v) is 3.30. The fourth-order valence-electron chi connectivity index (χ4n) is 1.47. The van der Waals surface area contributed by atoms with Crippen molar-refractivity contribution in [3.05, 3.63) is 0 Å². The molecule has 3 amide bonds. The van der Waals surface area contributed by atoms with E-state index >= 15 is 0 Å². The van der Waals surface area contributed by atoms with Gasteiger partial charge in [0.25, 0.3) is 0 Å². The molecule has 0 saturated heterocycles. The van der Waals surface area contributed by atoms with Gasteiger partial charge in [0.15, 0.2) is 0 Å². The highest BCUT2D eigenvalue weighted by Gasteiger charge is 2.27. The normalized spacial score (nSPS) is 17.4. The zero-order chi connectivity index (χ0) is 14.3. The van der Waals surface area contributed by atoms with Crippen molar-refractivity contribution in [2.24, 2.45) is 17.6 Å². The zero-order valence-corrected chi connectivity index (χ0v) is 11.6. The SMILES string of the molecule is CCC(C)C(NC(N)=O)C(=O)NC(C)C(C)CO. The molecule has 0 saturated carbocycles. The molecular weight excluding hydrogens is 234 g/mol. The molecule has 0 heterocycles. The van der Waals surface area contributed by atoms with Gasteiger partial charge in [-0.3, -0.25) is 4.79 Å². The van der Waals surface area contributed by atoms with Crippen LogP contribution in [-0.2, 0) is 4.79 Å². The smallest absolute Gasteiger partial charge is 0.312 e. The van der Waals surface area contributed by atoms with Crippen LogP contribution in [0.1, 0.15) is 34.1 Å². The van der Waals surface area contributed by atoms with Gasteiger partial charge in [-0.1, -0.05) is 27.2 Å². The Balaban J connectivity index is 4.60. The predicted molar refractivity (Wildman–Crippen MR) is 69.8 cm³/mol. The van der Waals surface area contributed by atoms with Crippen LogP contribution in [0.25, 0.3) is 0 Å². The van der Waals surface area contributed by atoms with Gasteiger partial charge in [0.1, 0.15) is 6.04 Å². The maximum Gasteiger partial charge on any atom is 0.312 e. The minimum Gasteiger partial charge on any atom is -0.396 e. The first-order chi connectivity index (χ1) is 8.33. The molecule has 0 fully saturated rings. The average Bonchev–Trinajstić information content (AvgIpc) is 2.33. The van der Waals surface area contributed by atoms with Crippen molar-refractivity contribution in [2.45, 2.75) is 46.2 Å². The summed E-state index contributed by atoms with van der Waals surface area (Å²) in [5, 5.41) is 14.3. The number of aliphatic hydroxyl groups excluding tert-OH is 1. The van der Waals surface area contributed by atoms with Crippen molar-refractivity contribution >= 4 is 11.9 Å². The van der Waals surface area contributed by atoms with Crippen LogP contribution in [0.4, 0.5) is 4.79 Å². The maximum absolute atomic E-state index is 12.0. The minimum absolute atomic E-state index is 0.00130. The molecule has 0 aliphatic rings. The lowest BCUT2D eigenvalue weighted by atomic mass is 9.97. The molecule has 18 heavy (non-hydrogen) atoms. The van der Waals surface area contributed by atoms with Gasteiger partial charge >= 0.3 is 6.03 Å². The molecule has 5 N–H and O–H groups in total. The van der Waals surface area contributed by atoms with Crippen LogP contribution < -0.4 is 16.4 Å². The first kappa shape index (κ1) is 16.7. The molecular formula is C12H25N3O3. The van der Waals surface area contributed by atoms with E-state index < -0.39 is 12.1 Å². The van der Waals surface area contributed by atoms with E-state index in [-0.39, 0.29) is 30.4 Å². The number of nitrogens with two attached hydrogens (primary N) is 1. The Morgan fingerprint density at radius 2 is 1.72 bits per heavy atom. The lowest BCUT2D eigenvalue weighted by Gasteiger charge is -2.26. The van der Waals surface area contributed by atoms with E-state index in [2.05, 4.69) is 10.6 Å². The molecule has 6 nitrogen and oxygen atoms in total. The number of aliphatic hydroxyl groups is 1. The average molecular weight is 259 g/mol. The number of carbonyl (C=O) groups is 2. The fraction of sp³-hybridized carbons (Fsp3) is 0.833. The summed E-state index contributed by atoms with van der Waals surface area (Å²) < 4.78 is 0. The number of hydrogen-bond acceptors (Lipinski definition) is 3. The van der Waals surface area contributed by atoms with Gasteiger partial charge in [0.2, 0.25) is 5.91 Å². The number of hydrogen-bond donors (Lipinski definition) is 4. The topological polar surface area (TPSA) is 104 Å². The Morgan fingerprint density at radius 1 is 1.17 bits per heavy atom. The summed E-state index contributed by atoms with van der Waals surface area (Å²) in [6.07, 6.45) is 0.752. The Bertz CT molecular complexity index is 284. The van der Waals surface area contributed by atoms with Gasteiger partial charge in [-0.15, -0.1) is 0 Å². The Labute approximate surface area is 108 Å². The molecule has 0 aliphatic carbocycles. The van der Waals surface area contributed by atoms with Gasteiger partial charge in [0, 0.05) is 12.6 Å². The molecule has 0 aromatic carbocycles. The summed E-state index contributed by atoms with van der Waals surface area (Å²) in [6.45, 7) is 7.47. The number of amides is 3. The Hall–Kier alpha value is -1.30. The molecule has 0 aromatic rings. The highest BCUT2D eigenvalue weighted by molar-refractivity contribution is 5.86. The first-order valence-electron chi connectivity index (χ1n) is 6.30. The first-order valence-corrected chi connectivity index (χ1v) is 6.30. The summed E-state index contributed by atoms with van der Waals surface area (Å²) in [5.41, 5.74) is 5.07. The van der Waals surface area contributed by atoms with Crippen molar-refractivity contribution in [2.75, 3.05) is 6.61 Å². The van der Waals surface area contributed by atoms with Crippen molar-refractivity contribution < 1.29 is 14.7 Å². The van der Waals surface area contributed by atoms with Crippen LogP contribution in [0.5, 0.6) is 0 Å². The molecule has 4 atom stereocenters. The van der Waals surface area contributed by atoms with Crippen molar-refractivity contribution in [3.63, 3.8) is 0 Å². The monoisotopic (exact) mass is 259 g/mol. The number of carbonyl (C=O) groups excluding carboxylic acids is 2. The van der Waals surface area contributed by atoms with Crippen molar-refractivity contribution in [1.82, 2.24) is 10.6 Å². The molecule has 0 aliphatic heterocycles. The van der Waals surface area contributed by atoms with Crippen LogP contribution in [-0.4, -0.2) is 35.7 Å². The number of urea groups is 1. The largest absolute Gasteiger partial charge is 0.396 e. The highest BCUT2D eigenvalue weighted by atomic mass is 16.3. The second-order valence-corrected chi connectivity index (χ2v) is 4.83. The van der Waals surface area contributed by atoms with Crippen LogP contribution in [0.15, 0.2) is 0 Å². The van der Waals surface area contributed by atoms with Crippen molar-refractivity contribution in [1.29, 1.82) is 0 Å². The van der Waals surface area contributed by atoms with Crippen LogP contribution in [0.3, 0.4) is 0 Å². The maximum atomic E-state index is 12.0.